The largest absolute Gasteiger partial charge is 0.381 e. The van der Waals surface area contributed by atoms with Crippen LogP contribution in [0.15, 0.2) is 24.4 Å². The number of pyridine rings is 1. The first-order valence-corrected chi connectivity index (χ1v) is 10.7. The lowest BCUT2D eigenvalue weighted by Gasteiger charge is -2.48. The third-order valence-corrected chi connectivity index (χ3v) is 6.67. The highest BCUT2D eigenvalue weighted by Gasteiger charge is 2.40. The summed E-state index contributed by atoms with van der Waals surface area (Å²) in [6.07, 6.45) is 9.58. The molecule has 1 aromatic heterocycles. The van der Waals surface area contributed by atoms with Gasteiger partial charge in [-0.15, -0.1) is 0 Å². The molecule has 4 rings (SSSR count). The molecule has 0 bridgehead atoms. The number of rotatable bonds is 4. The minimum absolute atomic E-state index is 0.288. The fourth-order valence-corrected chi connectivity index (χ4v) is 5.25. The average molecular weight is 372 g/mol. The molecule has 3 aliphatic rings. The van der Waals surface area contributed by atoms with Gasteiger partial charge in [0.2, 0.25) is 5.91 Å². The first-order chi connectivity index (χ1) is 13.2. The number of aromatic nitrogens is 1. The molecule has 3 saturated heterocycles. The zero-order valence-electron chi connectivity index (χ0n) is 16.4. The summed E-state index contributed by atoms with van der Waals surface area (Å²) in [4.78, 5) is 22.2. The highest BCUT2D eigenvalue weighted by atomic mass is 16.5. The topological polar surface area (TPSA) is 45.7 Å². The van der Waals surface area contributed by atoms with Crippen molar-refractivity contribution in [3.05, 3.63) is 30.1 Å². The quantitative estimate of drug-likeness (QED) is 0.816. The maximum absolute atomic E-state index is 12.9. The normalized spacial score (nSPS) is 27.8. The molecule has 0 aromatic carbocycles. The van der Waals surface area contributed by atoms with Crippen molar-refractivity contribution < 1.29 is 9.53 Å². The zero-order valence-corrected chi connectivity index (χ0v) is 16.4. The highest BCUT2D eigenvalue weighted by Crippen LogP contribution is 2.39. The molecule has 148 valence electrons. The number of amides is 1. The number of ether oxygens (including phenoxy) is 1. The lowest BCUT2D eigenvalue weighted by Crippen LogP contribution is -2.53. The van der Waals surface area contributed by atoms with Gasteiger partial charge in [-0.3, -0.25) is 14.7 Å². The molecule has 3 aliphatic heterocycles. The summed E-state index contributed by atoms with van der Waals surface area (Å²) in [5.74, 6) is 0.902. The van der Waals surface area contributed by atoms with Crippen molar-refractivity contribution in [1.29, 1.82) is 0 Å². The maximum Gasteiger partial charge on any atom is 0.222 e. The predicted octanol–water partition coefficient (Wildman–Crippen LogP) is 3.10. The van der Waals surface area contributed by atoms with E-state index in [-0.39, 0.29) is 5.41 Å². The fraction of sp³-hybridized carbons (Fsp3) is 0.727. The van der Waals surface area contributed by atoms with Crippen LogP contribution in [-0.2, 0) is 16.1 Å². The van der Waals surface area contributed by atoms with E-state index < -0.39 is 0 Å². The van der Waals surface area contributed by atoms with E-state index in [9.17, 15) is 4.79 Å². The van der Waals surface area contributed by atoms with Crippen LogP contribution in [0.25, 0.3) is 0 Å². The molecule has 5 nitrogen and oxygen atoms in total. The molecule has 0 saturated carbocycles. The van der Waals surface area contributed by atoms with E-state index >= 15 is 0 Å². The van der Waals surface area contributed by atoms with Crippen LogP contribution in [0.2, 0.25) is 0 Å². The molecule has 1 atom stereocenters. The van der Waals surface area contributed by atoms with Crippen molar-refractivity contribution in [2.24, 2.45) is 11.3 Å². The van der Waals surface area contributed by atoms with Crippen molar-refractivity contribution in [2.45, 2.75) is 51.5 Å². The molecule has 5 heteroatoms. The molecule has 1 unspecified atom stereocenters. The number of piperidine rings is 2. The second-order valence-corrected chi connectivity index (χ2v) is 8.81. The predicted molar refractivity (Wildman–Crippen MR) is 105 cm³/mol. The number of hydrogen-bond acceptors (Lipinski definition) is 4. The Kier molecular flexibility index (Phi) is 6.08. The lowest BCUT2D eigenvalue weighted by molar-refractivity contribution is -0.137. The van der Waals surface area contributed by atoms with Gasteiger partial charge in [0.05, 0.1) is 5.69 Å². The third-order valence-electron chi connectivity index (χ3n) is 6.67. The molecular formula is C22H33N3O2. The molecule has 1 aromatic rings. The summed E-state index contributed by atoms with van der Waals surface area (Å²) in [7, 11) is 0. The Morgan fingerprint density at radius 1 is 1.15 bits per heavy atom. The van der Waals surface area contributed by atoms with E-state index in [1.54, 1.807) is 0 Å². The van der Waals surface area contributed by atoms with Gasteiger partial charge in [-0.05, 0) is 63.1 Å². The molecular weight excluding hydrogens is 338 g/mol. The van der Waals surface area contributed by atoms with E-state index in [0.717, 1.165) is 77.3 Å². The Morgan fingerprint density at radius 2 is 1.96 bits per heavy atom. The van der Waals surface area contributed by atoms with Crippen LogP contribution in [0.5, 0.6) is 0 Å². The van der Waals surface area contributed by atoms with E-state index in [2.05, 4.69) is 26.9 Å². The minimum atomic E-state index is 0.288. The van der Waals surface area contributed by atoms with Gasteiger partial charge in [-0.1, -0.05) is 6.07 Å². The monoisotopic (exact) mass is 371 g/mol. The minimum Gasteiger partial charge on any atom is -0.381 e. The van der Waals surface area contributed by atoms with Gasteiger partial charge in [0.25, 0.3) is 0 Å². The van der Waals surface area contributed by atoms with Crippen molar-refractivity contribution in [3.63, 3.8) is 0 Å². The Morgan fingerprint density at radius 3 is 2.74 bits per heavy atom. The Balaban J connectivity index is 1.35. The molecule has 1 spiro atoms. The summed E-state index contributed by atoms with van der Waals surface area (Å²) >= 11 is 0. The van der Waals surface area contributed by atoms with Crippen LogP contribution in [0.1, 0.15) is 50.6 Å². The number of hydrogen-bond donors (Lipinski definition) is 0. The Labute approximate surface area is 163 Å². The van der Waals surface area contributed by atoms with Crippen LogP contribution in [-0.4, -0.2) is 60.1 Å². The molecule has 4 heterocycles. The maximum atomic E-state index is 12.9. The van der Waals surface area contributed by atoms with E-state index in [1.165, 1.54) is 19.3 Å². The summed E-state index contributed by atoms with van der Waals surface area (Å²) in [6, 6.07) is 6.16. The van der Waals surface area contributed by atoms with Gasteiger partial charge in [0.15, 0.2) is 0 Å². The molecule has 1 amide bonds. The molecule has 3 fully saturated rings. The highest BCUT2D eigenvalue weighted by molar-refractivity contribution is 5.76. The summed E-state index contributed by atoms with van der Waals surface area (Å²) < 4.78 is 5.44. The Bertz CT molecular complexity index is 613. The first-order valence-electron chi connectivity index (χ1n) is 10.7. The van der Waals surface area contributed by atoms with Crippen LogP contribution in [0.4, 0.5) is 0 Å². The van der Waals surface area contributed by atoms with Gasteiger partial charge in [0.1, 0.15) is 0 Å². The zero-order chi connectivity index (χ0) is 18.5. The van der Waals surface area contributed by atoms with Crippen LogP contribution < -0.4 is 0 Å². The second kappa shape index (κ2) is 8.70. The number of carbonyl (C=O) groups excluding carboxylic acids is 1. The number of carbonyl (C=O) groups is 1. The molecule has 27 heavy (non-hydrogen) atoms. The fourth-order valence-electron chi connectivity index (χ4n) is 5.25. The lowest BCUT2D eigenvalue weighted by atomic mass is 9.73. The summed E-state index contributed by atoms with van der Waals surface area (Å²) in [5, 5.41) is 0. The summed E-state index contributed by atoms with van der Waals surface area (Å²) in [6.45, 7) is 6.73. The Hall–Kier alpha value is -1.46. The van der Waals surface area contributed by atoms with Gasteiger partial charge in [-0.2, -0.15) is 0 Å². The third kappa shape index (κ3) is 4.88. The standard InChI is InChI=1S/C22H33N3O2/c26-21(15-19-6-13-27-14-7-19)25-12-4-9-22(18-25)8-3-11-24(17-22)16-20-5-1-2-10-23-20/h1-2,5,10,19H,3-4,6-9,11-18H2. The molecule has 0 aliphatic carbocycles. The van der Waals surface area contributed by atoms with Gasteiger partial charge >= 0.3 is 0 Å². The van der Waals surface area contributed by atoms with Crippen molar-refractivity contribution in [2.75, 3.05) is 39.4 Å². The first kappa shape index (κ1) is 18.9. The molecule has 0 radical (unpaired) electrons. The van der Waals surface area contributed by atoms with Crippen molar-refractivity contribution >= 4 is 5.91 Å². The van der Waals surface area contributed by atoms with Gasteiger partial charge < -0.3 is 9.64 Å². The van der Waals surface area contributed by atoms with Crippen molar-refractivity contribution in [3.8, 4) is 0 Å². The smallest absolute Gasteiger partial charge is 0.222 e. The van der Waals surface area contributed by atoms with E-state index in [4.69, 9.17) is 4.74 Å². The average Bonchev–Trinajstić information content (AvgIpc) is 2.70. The summed E-state index contributed by atoms with van der Waals surface area (Å²) in [5.41, 5.74) is 1.44. The van der Waals surface area contributed by atoms with Crippen molar-refractivity contribution in [1.82, 2.24) is 14.8 Å². The van der Waals surface area contributed by atoms with E-state index in [0.29, 0.717) is 11.8 Å². The molecule has 0 N–H and O–H groups in total. The van der Waals surface area contributed by atoms with Crippen LogP contribution in [0.3, 0.4) is 0 Å². The second-order valence-electron chi connectivity index (χ2n) is 8.81. The van der Waals surface area contributed by atoms with Crippen LogP contribution >= 0.6 is 0 Å². The van der Waals surface area contributed by atoms with Gasteiger partial charge in [-0.25, -0.2) is 0 Å². The number of nitrogens with zero attached hydrogens (tertiary/aromatic N) is 3. The van der Waals surface area contributed by atoms with Gasteiger partial charge in [0, 0.05) is 57.4 Å². The SMILES string of the molecule is O=C(CC1CCOCC1)N1CCCC2(CCCN(Cc3ccccn3)C2)C1. The number of likely N-dealkylation sites (tertiary alicyclic amines) is 2. The van der Waals surface area contributed by atoms with E-state index in [1.807, 2.05) is 12.3 Å². The van der Waals surface area contributed by atoms with Crippen LogP contribution in [0, 0.1) is 11.3 Å².